The van der Waals surface area contributed by atoms with Gasteiger partial charge in [0.25, 0.3) is 0 Å². The monoisotopic (exact) mass is 396 g/mol. The number of hydrogen-bond donors (Lipinski definition) is 2. The van der Waals surface area contributed by atoms with Gasteiger partial charge in [-0.3, -0.25) is 14.5 Å². The van der Waals surface area contributed by atoms with E-state index in [1.54, 1.807) is 0 Å². The van der Waals surface area contributed by atoms with Crippen LogP contribution in [0.5, 0.6) is 0 Å². The van der Waals surface area contributed by atoms with Gasteiger partial charge in [-0.15, -0.1) is 24.8 Å². The average Bonchev–Trinajstić information content (AvgIpc) is 2.84. The number of halogens is 2. The topological polar surface area (TPSA) is 73.9 Å². The van der Waals surface area contributed by atoms with Crippen molar-refractivity contribution in [3.63, 3.8) is 0 Å². The lowest BCUT2D eigenvalue weighted by atomic mass is 9.88. The minimum atomic E-state index is -0.0322. The number of morpholine rings is 1. The maximum absolute atomic E-state index is 12.3. The van der Waals surface area contributed by atoms with Gasteiger partial charge in [-0.25, -0.2) is 0 Å². The van der Waals surface area contributed by atoms with Gasteiger partial charge in [-0.1, -0.05) is 6.92 Å². The summed E-state index contributed by atoms with van der Waals surface area (Å²) in [4.78, 5) is 28.6. The molecule has 25 heavy (non-hydrogen) atoms. The molecule has 0 saturated carbocycles. The van der Waals surface area contributed by atoms with E-state index in [2.05, 4.69) is 15.5 Å². The van der Waals surface area contributed by atoms with Crippen molar-refractivity contribution in [2.24, 2.45) is 11.8 Å². The lowest BCUT2D eigenvalue weighted by Crippen LogP contribution is -2.51. The summed E-state index contributed by atoms with van der Waals surface area (Å²) in [7, 11) is 0. The summed E-state index contributed by atoms with van der Waals surface area (Å²) in [6, 6.07) is -0.0322. The van der Waals surface area contributed by atoms with Crippen LogP contribution < -0.4 is 10.6 Å². The molecular weight excluding hydrogens is 367 g/mol. The van der Waals surface area contributed by atoms with Crippen molar-refractivity contribution in [1.29, 1.82) is 0 Å². The summed E-state index contributed by atoms with van der Waals surface area (Å²) in [5.74, 6) is 0.698. The first-order valence-electron chi connectivity index (χ1n) is 8.72. The summed E-state index contributed by atoms with van der Waals surface area (Å²) in [6.07, 6.45) is 0.435. The molecule has 2 atom stereocenters. The number of carbonyl (C=O) groups is 2. The SMILES string of the molecule is CC(C(=O)NC1CC(=O)N(CCN2CCOCC2)C1)C1CNC1.Cl.Cl. The van der Waals surface area contributed by atoms with Crippen molar-refractivity contribution in [3.05, 3.63) is 0 Å². The normalized spacial score (nSPS) is 25.6. The molecule has 0 bridgehead atoms. The second kappa shape index (κ2) is 10.5. The Morgan fingerprint density at radius 1 is 1.28 bits per heavy atom. The molecule has 0 spiro atoms. The predicted octanol–water partition coefficient (Wildman–Crippen LogP) is -0.265. The van der Waals surface area contributed by atoms with Gasteiger partial charge >= 0.3 is 0 Å². The average molecular weight is 397 g/mol. The molecule has 2 N–H and O–H groups in total. The number of likely N-dealkylation sites (tertiary alicyclic amines) is 1. The van der Waals surface area contributed by atoms with E-state index in [9.17, 15) is 9.59 Å². The van der Waals surface area contributed by atoms with Gasteiger partial charge in [-0.05, 0) is 19.0 Å². The number of amides is 2. The van der Waals surface area contributed by atoms with Gasteiger partial charge < -0.3 is 20.3 Å². The van der Waals surface area contributed by atoms with Crippen molar-refractivity contribution < 1.29 is 14.3 Å². The van der Waals surface area contributed by atoms with E-state index in [0.29, 0.717) is 18.9 Å². The number of ether oxygens (including phenoxy) is 1. The smallest absolute Gasteiger partial charge is 0.224 e. The molecule has 146 valence electrons. The highest BCUT2D eigenvalue weighted by Gasteiger charge is 2.34. The Kier molecular flexibility index (Phi) is 9.45. The maximum atomic E-state index is 12.3. The molecule has 3 saturated heterocycles. The summed E-state index contributed by atoms with van der Waals surface area (Å²) in [6.45, 7) is 9.53. The molecule has 2 amide bonds. The molecular formula is C16H30Cl2N4O3. The Morgan fingerprint density at radius 2 is 1.96 bits per heavy atom. The Bertz CT molecular complexity index is 445. The second-order valence-corrected chi connectivity index (χ2v) is 6.91. The minimum Gasteiger partial charge on any atom is -0.379 e. The first-order chi connectivity index (χ1) is 11.1. The molecule has 7 nitrogen and oxygen atoms in total. The number of nitrogens with one attached hydrogen (secondary N) is 2. The van der Waals surface area contributed by atoms with Crippen LogP contribution >= 0.6 is 24.8 Å². The third-order valence-corrected chi connectivity index (χ3v) is 5.28. The van der Waals surface area contributed by atoms with Crippen molar-refractivity contribution in [2.75, 3.05) is 59.0 Å². The van der Waals surface area contributed by atoms with Gasteiger partial charge in [0.1, 0.15) is 0 Å². The van der Waals surface area contributed by atoms with Crippen LogP contribution in [-0.2, 0) is 14.3 Å². The van der Waals surface area contributed by atoms with E-state index in [0.717, 1.165) is 52.5 Å². The fraction of sp³-hybridized carbons (Fsp3) is 0.875. The van der Waals surface area contributed by atoms with Gasteiger partial charge in [-0.2, -0.15) is 0 Å². The molecule has 3 rings (SSSR count). The van der Waals surface area contributed by atoms with Crippen LogP contribution in [0, 0.1) is 11.8 Å². The van der Waals surface area contributed by atoms with E-state index in [-0.39, 0.29) is 48.6 Å². The van der Waals surface area contributed by atoms with Crippen molar-refractivity contribution in [3.8, 4) is 0 Å². The van der Waals surface area contributed by atoms with Gasteiger partial charge in [0, 0.05) is 45.1 Å². The maximum Gasteiger partial charge on any atom is 0.224 e. The Morgan fingerprint density at radius 3 is 2.56 bits per heavy atom. The Balaban J connectivity index is 0.00000156. The third-order valence-electron chi connectivity index (χ3n) is 5.28. The highest BCUT2D eigenvalue weighted by Crippen LogP contribution is 2.18. The van der Waals surface area contributed by atoms with Crippen molar-refractivity contribution in [1.82, 2.24) is 20.4 Å². The highest BCUT2D eigenvalue weighted by molar-refractivity contribution is 5.85. The summed E-state index contributed by atoms with van der Waals surface area (Å²) >= 11 is 0. The molecule has 0 aromatic rings. The molecule has 0 aromatic heterocycles. The van der Waals surface area contributed by atoms with E-state index in [1.807, 2.05) is 11.8 Å². The zero-order valence-corrected chi connectivity index (χ0v) is 16.4. The van der Waals surface area contributed by atoms with Crippen LogP contribution in [-0.4, -0.2) is 86.7 Å². The fourth-order valence-corrected chi connectivity index (χ4v) is 3.38. The largest absolute Gasteiger partial charge is 0.379 e. The zero-order valence-electron chi connectivity index (χ0n) is 14.7. The van der Waals surface area contributed by atoms with Crippen molar-refractivity contribution in [2.45, 2.75) is 19.4 Å². The molecule has 3 fully saturated rings. The van der Waals surface area contributed by atoms with E-state index in [4.69, 9.17) is 4.74 Å². The van der Waals surface area contributed by atoms with E-state index < -0.39 is 0 Å². The molecule has 3 aliphatic heterocycles. The molecule has 0 aliphatic carbocycles. The first kappa shape index (κ1) is 22.4. The van der Waals surface area contributed by atoms with Crippen LogP contribution in [0.4, 0.5) is 0 Å². The molecule has 2 unspecified atom stereocenters. The van der Waals surface area contributed by atoms with Gasteiger partial charge in [0.15, 0.2) is 0 Å². The van der Waals surface area contributed by atoms with Crippen LogP contribution in [0.3, 0.4) is 0 Å². The third kappa shape index (κ3) is 5.96. The predicted molar refractivity (Wildman–Crippen MR) is 100 cm³/mol. The number of hydrogen-bond acceptors (Lipinski definition) is 5. The van der Waals surface area contributed by atoms with Crippen LogP contribution in [0.2, 0.25) is 0 Å². The molecule has 0 aromatic carbocycles. The minimum absolute atomic E-state index is 0. The standard InChI is InChI=1S/C16H28N4O3.2ClH/c1-12(13-9-17-10-13)16(22)18-14-8-15(21)20(11-14)3-2-19-4-6-23-7-5-19;;/h12-14,17H,2-11H2,1H3,(H,18,22);2*1H. The quantitative estimate of drug-likeness (QED) is 0.646. The number of nitrogens with zero attached hydrogens (tertiary/aromatic N) is 2. The van der Waals surface area contributed by atoms with Crippen molar-refractivity contribution >= 4 is 36.6 Å². The Hall–Kier alpha value is -0.600. The fourth-order valence-electron chi connectivity index (χ4n) is 3.38. The summed E-state index contributed by atoms with van der Waals surface area (Å²) < 4.78 is 5.33. The van der Waals surface area contributed by atoms with E-state index >= 15 is 0 Å². The first-order valence-corrected chi connectivity index (χ1v) is 8.72. The van der Waals surface area contributed by atoms with Crippen LogP contribution in [0.1, 0.15) is 13.3 Å². The zero-order chi connectivity index (χ0) is 16.2. The number of carbonyl (C=O) groups excluding carboxylic acids is 2. The van der Waals surface area contributed by atoms with Gasteiger partial charge in [0.2, 0.25) is 11.8 Å². The molecule has 9 heteroatoms. The lowest BCUT2D eigenvalue weighted by molar-refractivity contribution is -0.128. The molecule has 0 radical (unpaired) electrons. The molecule has 3 aliphatic rings. The number of rotatable bonds is 6. The summed E-state index contributed by atoms with van der Waals surface area (Å²) in [5, 5.41) is 6.26. The highest BCUT2D eigenvalue weighted by atomic mass is 35.5. The van der Waals surface area contributed by atoms with Crippen LogP contribution in [0.15, 0.2) is 0 Å². The van der Waals surface area contributed by atoms with E-state index in [1.165, 1.54) is 0 Å². The lowest BCUT2D eigenvalue weighted by Gasteiger charge is -2.32. The van der Waals surface area contributed by atoms with Crippen LogP contribution in [0.25, 0.3) is 0 Å². The molecule has 3 heterocycles. The Labute approximate surface area is 162 Å². The second-order valence-electron chi connectivity index (χ2n) is 6.91. The summed E-state index contributed by atoms with van der Waals surface area (Å²) in [5.41, 5.74) is 0. The van der Waals surface area contributed by atoms with Gasteiger partial charge in [0.05, 0.1) is 19.3 Å².